The Morgan fingerprint density at radius 1 is 1.41 bits per heavy atom. The highest BCUT2D eigenvalue weighted by Crippen LogP contribution is 2.16. The van der Waals surface area contributed by atoms with Crippen LogP contribution in [-0.4, -0.2) is 28.9 Å². The van der Waals surface area contributed by atoms with E-state index < -0.39 is 0 Å². The fraction of sp³-hybridized carbons (Fsp3) is 0.667. The molecular weight excluding hydrogens is 216 g/mol. The van der Waals surface area contributed by atoms with Gasteiger partial charge in [-0.1, -0.05) is 0 Å². The van der Waals surface area contributed by atoms with E-state index in [0.717, 1.165) is 18.8 Å². The number of piperidine rings is 1. The van der Waals surface area contributed by atoms with Crippen molar-refractivity contribution in [3.8, 4) is 0 Å². The number of nitrogens with zero attached hydrogens (tertiary/aromatic N) is 3. The Hall–Kier alpha value is -1.36. The van der Waals surface area contributed by atoms with Crippen molar-refractivity contribution in [3.63, 3.8) is 0 Å². The third-order valence-electron chi connectivity index (χ3n) is 3.04. The number of nitrogens with two attached hydrogens (primary N) is 1. The van der Waals surface area contributed by atoms with Crippen LogP contribution < -0.4 is 16.2 Å². The Labute approximate surface area is 101 Å². The molecule has 0 radical (unpaired) electrons. The molecule has 0 aliphatic carbocycles. The first-order chi connectivity index (χ1) is 8.16. The minimum Gasteiger partial charge on any atom is -0.370 e. The molecule has 1 aliphatic heterocycles. The molecule has 1 fully saturated rings. The first-order valence-corrected chi connectivity index (χ1v) is 6.24. The van der Waals surface area contributed by atoms with E-state index in [1.54, 1.807) is 12.3 Å². The van der Waals surface area contributed by atoms with Crippen LogP contribution in [0, 0.1) is 0 Å². The maximum absolute atomic E-state index is 11.8. The van der Waals surface area contributed by atoms with Gasteiger partial charge in [0, 0.05) is 25.2 Å². The molecule has 1 atom stereocenters. The summed E-state index contributed by atoms with van der Waals surface area (Å²) in [6.07, 6.45) is 5.45. The summed E-state index contributed by atoms with van der Waals surface area (Å²) < 4.78 is 1.43. The predicted octanol–water partition coefficient (Wildman–Crippen LogP) is 0.581. The van der Waals surface area contributed by atoms with E-state index in [-0.39, 0.29) is 11.6 Å². The van der Waals surface area contributed by atoms with Gasteiger partial charge in [0.1, 0.15) is 0 Å². The zero-order valence-corrected chi connectivity index (χ0v) is 10.3. The molecule has 1 aromatic rings. The van der Waals surface area contributed by atoms with Crippen molar-refractivity contribution in [2.75, 3.05) is 18.0 Å². The van der Waals surface area contributed by atoms with Gasteiger partial charge in [0.05, 0.1) is 18.4 Å². The van der Waals surface area contributed by atoms with E-state index in [4.69, 9.17) is 5.73 Å². The molecule has 0 saturated carbocycles. The molecule has 2 N–H and O–H groups in total. The van der Waals surface area contributed by atoms with Crippen molar-refractivity contribution >= 4 is 5.69 Å². The van der Waals surface area contributed by atoms with Gasteiger partial charge in [-0.05, 0) is 26.2 Å². The maximum atomic E-state index is 11.8. The fourth-order valence-electron chi connectivity index (χ4n) is 2.16. The van der Waals surface area contributed by atoms with Crippen molar-refractivity contribution in [1.29, 1.82) is 0 Å². The Bertz CT molecular complexity index is 421. The van der Waals surface area contributed by atoms with Crippen molar-refractivity contribution < 1.29 is 0 Å². The first-order valence-electron chi connectivity index (χ1n) is 6.24. The summed E-state index contributed by atoms with van der Waals surface area (Å²) in [6.45, 7) is 4.39. The molecule has 0 bridgehead atoms. The van der Waals surface area contributed by atoms with Gasteiger partial charge in [0.25, 0.3) is 5.56 Å². The van der Waals surface area contributed by atoms with Crippen LogP contribution in [0.2, 0.25) is 0 Å². The summed E-state index contributed by atoms with van der Waals surface area (Å²) in [5, 5.41) is 4.18. The monoisotopic (exact) mass is 236 g/mol. The number of aromatic nitrogens is 2. The molecule has 1 aromatic heterocycles. The third kappa shape index (κ3) is 3.06. The van der Waals surface area contributed by atoms with Crippen LogP contribution in [0.3, 0.4) is 0 Å². The van der Waals surface area contributed by atoms with Crippen LogP contribution in [0.25, 0.3) is 0 Å². The molecule has 5 heteroatoms. The Morgan fingerprint density at radius 2 is 2.12 bits per heavy atom. The number of anilines is 1. The van der Waals surface area contributed by atoms with Gasteiger partial charge in [-0.3, -0.25) is 4.79 Å². The summed E-state index contributed by atoms with van der Waals surface area (Å²) >= 11 is 0. The second-order valence-electron chi connectivity index (χ2n) is 4.76. The molecular formula is C12H20N4O. The smallest absolute Gasteiger partial charge is 0.268 e. The quantitative estimate of drug-likeness (QED) is 0.834. The van der Waals surface area contributed by atoms with E-state index in [1.807, 2.05) is 6.92 Å². The first kappa shape index (κ1) is 12.1. The molecule has 0 aromatic carbocycles. The van der Waals surface area contributed by atoms with Crippen LogP contribution in [0.5, 0.6) is 0 Å². The predicted molar refractivity (Wildman–Crippen MR) is 68.2 cm³/mol. The van der Waals surface area contributed by atoms with Crippen LogP contribution in [0.4, 0.5) is 5.69 Å². The van der Waals surface area contributed by atoms with E-state index in [9.17, 15) is 4.79 Å². The van der Waals surface area contributed by atoms with Crippen molar-refractivity contribution in [1.82, 2.24) is 9.78 Å². The van der Waals surface area contributed by atoms with E-state index >= 15 is 0 Å². The van der Waals surface area contributed by atoms with Crippen LogP contribution in [0.1, 0.15) is 26.2 Å². The number of rotatable bonds is 3. The molecule has 0 spiro atoms. The molecule has 1 aliphatic rings. The molecule has 1 saturated heterocycles. The number of hydrogen-bond donors (Lipinski definition) is 1. The van der Waals surface area contributed by atoms with E-state index in [1.165, 1.54) is 23.9 Å². The van der Waals surface area contributed by atoms with Crippen LogP contribution in [0.15, 0.2) is 17.1 Å². The van der Waals surface area contributed by atoms with Crippen LogP contribution >= 0.6 is 0 Å². The molecule has 0 amide bonds. The highest BCUT2D eigenvalue weighted by molar-refractivity contribution is 5.43. The third-order valence-corrected chi connectivity index (χ3v) is 3.04. The molecule has 2 rings (SSSR count). The Morgan fingerprint density at radius 3 is 2.71 bits per heavy atom. The van der Waals surface area contributed by atoms with Gasteiger partial charge in [-0.2, -0.15) is 5.10 Å². The van der Waals surface area contributed by atoms with Crippen molar-refractivity contribution in [2.45, 2.75) is 38.8 Å². The lowest BCUT2D eigenvalue weighted by Gasteiger charge is -2.28. The highest BCUT2D eigenvalue weighted by atomic mass is 16.1. The summed E-state index contributed by atoms with van der Waals surface area (Å²) in [5.74, 6) is 0. The fourth-order valence-corrected chi connectivity index (χ4v) is 2.16. The standard InChI is InChI=1S/C12H20N4O/c1-10(13)9-16-12(17)7-11(8-14-16)15-5-3-2-4-6-15/h7-8,10H,2-6,9,13H2,1H3/t10-/m1/s1. The molecule has 0 unspecified atom stereocenters. The summed E-state index contributed by atoms with van der Waals surface area (Å²) in [4.78, 5) is 14.1. The zero-order valence-electron chi connectivity index (χ0n) is 10.3. The SMILES string of the molecule is C[C@@H](N)Cn1ncc(N2CCCCC2)cc1=O. The second kappa shape index (κ2) is 5.31. The average Bonchev–Trinajstić information content (AvgIpc) is 2.32. The van der Waals surface area contributed by atoms with E-state index in [0.29, 0.717) is 6.54 Å². The summed E-state index contributed by atoms with van der Waals surface area (Å²) in [7, 11) is 0. The van der Waals surface area contributed by atoms with Gasteiger partial charge in [0.15, 0.2) is 0 Å². The topological polar surface area (TPSA) is 64.2 Å². The van der Waals surface area contributed by atoms with Gasteiger partial charge in [-0.25, -0.2) is 4.68 Å². The van der Waals surface area contributed by atoms with Gasteiger partial charge in [-0.15, -0.1) is 0 Å². The average molecular weight is 236 g/mol. The second-order valence-corrected chi connectivity index (χ2v) is 4.76. The summed E-state index contributed by atoms with van der Waals surface area (Å²) in [5.41, 5.74) is 6.54. The van der Waals surface area contributed by atoms with Gasteiger partial charge >= 0.3 is 0 Å². The lowest BCUT2D eigenvalue weighted by Crippen LogP contribution is -2.34. The normalized spacial score (nSPS) is 18.1. The largest absolute Gasteiger partial charge is 0.370 e. The van der Waals surface area contributed by atoms with Crippen molar-refractivity contribution in [2.24, 2.45) is 5.73 Å². The van der Waals surface area contributed by atoms with E-state index in [2.05, 4.69) is 10.00 Å². The summed E-state index contributed by atoms with van der Waals surface area (Å²) in [6, 6.07) is 1.61. The van der Waals surface area contributed by atoms with Gasteiger partial charge < -0.3 is 10.6 Å². The lowest BCUT2D eigenvalue weighted by molar-refractivity contribution is 0.511. The van der Waals surface area contributed by atoms with Crippen LogP contribution in [-0.2, 0) is 6.54 Å². The minimum atomic E-state index is -0.0645. The Balaban J connectivity index is 2.15. The van der Waals surface area contributed by atoms with Crippen molar-refractivity contribution in [3.05, 3.63) is 22.6 Å². The molecule has 2 heterocycles. The number of hydrogen-bond acceptors (Lipinski definition) is 4. The zero-order chi connectivity index (χ0) is 12.3. The van der Waals surface area contributed by atoms with Gasteiger partial charge in [0.2, 0.25) is 0 Å². The molecule has 94 valence electrons. The minimum absolute atomic E-state index is 0.0546. The lowest BCUT2D eigenvalue weighted by atomic mass is 10.1. The molecule has 5 nitrogen and oxygen atoms in total. The highest BCUT2D eigenvalue weighted by Gasteiger charge is 2.12. The Kier molecular flexibility index (Phi) is 3.78. The molecule has 17 heavy (non-hydrogen) atoms. The maximum Gasteiger partial charge on any atom is 0.268 e.